The number of aromatic amines is 1. The van der Waals surface area contributed by atoms with Gasteiger partial charge in [-0.1, -0.05) is 11.6 Å². The molecule has 0 atom stereocenters. The molecule has 0 aliphatic heterocycles. The number of sulfonamides is 1. The maximum absolute atomic E-state index is 13.1. The zero-order chi connectivity index (χ0) is 16.6. The first-order chi connectivity index (χ1) is 10.8. The molecule has 0 amide bonds. The van der Waals surface area contributed by atoms with E-state index in [4.69, 9.17) is 11.6 Å². The van der Waals surface area contributed by atoms with Gasteiger partial charge >= 0.3 is 0 Å². The van der Waals surface area contributed by atoms with Crippen LogP contribution in [0.4, 0.5) is 10.1 Å². The van der Waals surface area contributed by atoms with E-state index >= 15 is 0 Å². The summed E-state index contributed by atoms with van der Waals surface area (Å²) in [5.74, 6) is -0.609. The van der Waals surface area contributed by atoms with Crippen LogP contribution in [0, 0.1) is 12.7 Å². The average molecular weight is 372 g/mol. The number of nitrogens with one attached hydrogen (secondary N) is 2. The van der Waals surface area contributed by atoms with Crippen LogP contribution >= 0.6 is 22.9 Å². The number of hydrogen-bond donors (Lipinski definition) is 2. The fourth-order valence-corrected chi connectivity index (χ4v) is 4.41. The van der Waals surface area contributed by atoms with Gasteiger partial charge in [0, 0.05) is 5.69 Å². The van der Waals surface area contributed by atoms with Gasteiger partial charge in [-0.3, -0.25) is 9.82 Å². The van der Waals surface area contributed by atoms with Gasteiger partial charge in [-0.15, -0.1) is 11.3 Å². The van der Waals surface area contributed by atoms with Crippen LogP contribution in [0.15, 0.2) is 40.6 Å². The number of rotatable bonds is 4. The summed E-state index contributed by atoms with van der Waals surface area (Å²) < 4.78 is 40.4. The summed E-state index contributed by atoms with van der Waals surface area (Å²) in [6.45, 7) is 1.86. The van der Waals surface area contributed by atoms with E-state index in [0.29, 0.717) is 5.69 Å². The van der Waals surface area contributed by atoms with E-state index in [0.717, 1.165) is 28.0 Å². The third-order valence-corrected chi connectivity index (χ3v) is 6.25. The lowest BCUT2D eigenvalue weighted by Gasteiger charge is -2.06. The van der Waals surface area contributed by atoms with Gasteiger partial charge in [-0.05, 0) is 43.3 Å². The van der Waals surface area contributed by atoms with E-state index in [1.54, 1.807) is 6.07 Å². The lowest BCUT2D eigenvalue weighted by molar-refractivity contribution is 0.603. The van der Waals surface area contributed by atoms with Gasteiger partial charge in [-0.25, -0.2) is 12.8 Å². The SMILES string of the molecule is Cc1cc(-c2ccc(S(=O)(=O)Nc3ccc(F)c(Cl)c3)s2)n[nH]1. The van der Waals surface area contributed by atoms with Crippen molar-refractivity contribution in [1.29, 1.82) is 0 Å². The highest BCUT2D eigenvalue weighted by Crippen LogP contribution is 2.31. The Balaban J connectivity index is 1.88. The zero-order valence-corrected chi connectivity index (χ0v) is 14.2. The second-order valence-corrected chi connectivity index (χ2v) is 8.19. The number of nitrogens with zero attached hydrogens (tertiary/aromatic N) is 1. The minimum atomic E-state index is -3.77. The van der Waals surface area contributed by atoms with Gasteiger partial charge in [0.1, 0.15) is 15.7 Å². The largest absolute Gasteiger partial charge is 0.282 e. The Morgan fingerprint density at radius 2 is 2.04 bits per heavy atom. The molecule has 0 saturated heterocycles. The molecule has 0 aliphatic carbocycles. The van der Waals surface area contributed by atoms with Gasteiger partial charge in [-0.2, -0.15) is 5.10 Å². The third kappa shape index (κ3) is 3.39. The summed E-state index contributed by atoms with van der Waals surface area (Å²) >= 11 is 6.75. The van der Waals surface area contributed by atoms with Gasteiger partial charge in [0.25, 0.3) is 10.0 Å². The highest BCUT2D eigenvalue weighted by Gasteiger charge is 2.18. The first-order valence-electron chi connectivity index (χ1n) is 6.45. The molecule has 0 bridgehead atoms. The predicted molar refractivity (Wildman–Crippen MR) is 88.9 cm³/mol. The number of aryl methyl sites for hydroxylation is 1. The molecule has 0 radical (unpaired) electrons. The number of benzene rings is 1. The maximum atomic E-state index is 13.1. The second-order valence-electron chi connectivity index (χ2n) is 4.79. The molecule has 3 aromatic rings. The van der Waals surface area contributed by atoms with Gasteiger partial charge in [0.15, 0.2) is 0 Å². The molecule has 0 aliphatic rings. The Bertz CT molecular complexity index is 966. The van der Waals surface area contributed by atoms with Crippen molar-refractivity contribution in [2.45, 2.75) is 11.1 Å². The number of anilines is 1. The van der Waals surface area contributed by atoms with E-state index in [1.807, 2.05) is 13.0 Å². The predicted octanol–water partition coefficient (Wildman–Crippen LogP) is 4.04. The summed E-state index contributed by atoms with van der Waals surface area (Å²) in [7, 11) is -3.77. The van der Waals surface area contributed by atoms with Crippen molar-refractivity contribution in [1.82, 2.24) is 10.2 Å². The van der Waals surface area contributed by atoms with Crippen molar-refractivity contribution < 1.29 is 12.8 Å². The highest BCUT2D eigenvalue weighted by atomic mass is 35.5. The van der Waals surface area contributed by atoms with Gasteiger partial charge in [0.2, 0.25) is 0 Å². The Morgan fingerprint density at radius 3 is 2.70 bits per heavy atom. The lowest BCUT2D eigenvalue weighted by atomic mass is 10.3. The Labute approximate surface area is 141 Å². The molecule has 3 rings (SSSR count). The number of halogens is 2. The Kier molecular flexibility index (Phi) is 4.13. The van der Waals surface area contributed by atoms with Gasteiger partial charge in [0.05, 0.1) is 15.6 Å². The number of aromatic nitrogens is 2. The third-order valence-electron chi connectivity index (χ3n) is 2.98. The minimum absolute atomic E-state index is 0.133. The summed E-state index contributed by atoms with van der Waals surface area (Å²) in [5.41, 5.74) is 1.76. The Morgan fingerprint density at radius 1 is 1.26 bits per heavy atom. The molecule has 0 spiro atoms. The average Bonchev–Trinajstić information content (AvgIpc) is 3.11. The molecule has 2 aromatic heterocycles. The van der Waals surface area contributed by atoms with Crippen LogP contribution in [0.2, 0.25) is 5.02 Å². The van der Waals surface area contributed by atoms with E-state index in [2.05, 4.69) is 14.9 Å². The number of thiophene rings is 1. The summed E-state index contributed by atoms with van der Waals surface area (Å²) in [6, 6.07) is 8.65. The molecular formula is C14H11ClFN3O2S2. The van der Waals surface area contributed by atoms with Crippen LogP contribution in [0.1, 0.15) is 5.69 Å². The molecule has 5 nitrogen and oxygen atoms in total. The van der Waals surface area contributed by atoms with Crippen LogP contribution in [-0.2, 0) is 10.0 Å². The van der Waals surface area contributed by atoms with E-state index in [-0.39, 0.29) is 14.9 Å². The lowest BCUT2D eigenvalue weighted by Crippen LogP contribution is -2.11. The van der Waals surface area contributed by atoms with Crippen molar-refractivity contribution in [3.05, 3.63) is 52.9 Å². The van der Waals surface area contributed by atoms with Crippen LogP contribution in [0.3, 0.4) is 0 Å². The molecule has 0 fully saturated rings. The van der Waals surface area contributed by atoms with E-state index in [9.17, 15) is 12.8 Å². The number of hydrogen-bond acceptors (Lipinski definition) is 4. The fourth-order valence-electron chi connectivity index (χ4n) is 1.91. The Hall–Kier alpha value is -1.90. The van der Waals surface area contributed by atoms with Crippen molar-refractivity contribution in [2.75, 3.05) is 4.72 Å². The highest BCUT2D eigenvalue weighted by molar-refractivity contribution is 7.94. The van der Waals surface area contributed by atoms with Crippen molar-refractivity contribution in [3.8, 4) is 10.6 Å². The number of H-pyrrole nitrogens is 1. The topological polar surface area (TPSA) is 74.8 Å². The minimum Gasteiger partial charge on any atom is -0.282 e. The van der Waals surface area contributed by atoms with Crippen LogP contribution < -0.4 is 4.72 Å². The molecule has 9 heteroatoms. The van der Waals surface area contributed by atoms with Crippen molar-refractivity contribution >= 4 is 38.6 Å². The molecule has 23 heavy (non-hydrogen) atoms. The second kappa shape index (κ2) is 5.95. The summed E-state index contributed by atoms with van der Waals surface area (Å²) in [5, 5.41) is 6.76. The first kappa shape index (κ1) is 16.0. The van der Waals surface area contributed by atoms with Crippen LogP contribution in [0.5, 0.6) is 0 Å². The molecule has 0 unspecified atom stereocenters. The van der Waals surface area contributed by atoms with Gasteiger partial charge < -0.3 is 0 Å². The van der Waals surface area contributed by atoms with E-state index in [1.165, 1.54) is 18.2 Å². The quantitative estimate of drug-likeness (QED) is 0.726. The molecule has 120 valence electrons. The first-order valence-corrected chi connectivity index (χ1v) is 9.13. The van der Waals surface area contributed by atoms with E-state index < -0.39 is 15.8 Å². The summed E-state index contributed by atoms with van der Waals surface area (Å²) in [6.07, 6.45) is 0. The summed E-state index contributed by atoms with van der Waals surface area (Å²) in [4.78, 5) is 0.729. The molecule has 0 saturated carbocycles. The fraction of sp³-hybridized carbons (Fsp3) is 0.0714. The maximum Gasteiger partial charge on any atom is 0.271 e. The molecule has 2 N–H and O–H groups in total. The molecular weight excluding hydrogens is 361 g/mol. The van der Waals surface area contributed by atoms with Crippen LogP contribution in [0.25, 0.3) is 10.6 Å². The monoisotopic (exact) mass is 371 g/mol. The molecule has 1 aromatic carbocycles. The van der Waals surface area contributed by atoms with Crippen molar-refractivity contribution in [3.63, 3.8) is 0 Å². The standard InChI is InChI=1S/C14H11ClFN3O2S2/c1-8-6-12(18-17-8)13-4-5-14(22-13)23(20,21)19-9-2-3-11(16)10(15)7-9/h2-7,19H,1H3,(H,17,18). The normalized spacial score (nSPS) is 11.6. The molecule has 2 heterocycles. The zero-order valence-electron chi connectivity index (χ0n) is 11.8. The smallest absolute Gasteiger partial charge is 0.271 e. The van der Waals surface area contributed by atoms with Crippen LogP contribution in [-0.4, -0.2) is 18.6 Å². The van der Waals surface area contributed by atoms with Crippen molar-refractivity contribution in [2.24, 2.45) is 0 Å².